The lowest BCUT2D eigenvalue weighted by molar-refractivity contribution is 0.484. The van der Waals surface area contributed by atoms with Crippen molar-refractivity contribution in [2.75, 3.05) is 5.32 Å². The molecule has 0 amide bonds. The molecular weight excluding hydrogens is 393 g/mol. The van der Waals surface area contributed by atoms with Crippen LogP contribution in [0, 0.1) is 23.5 Å². The molecule has 1 radical (unpaired) electrons. The number of hydrogen-bond acceptors (Lipinski definition) is 4. The molecule has 10 heteroatoms. The molecule has 6 nitrogen and oxygen atoms in total. The predicted octanol–water partition coefficient (Wildman–Crippen LogP) is 3.91. The van der Waals surface area contributed by atoms with E-state index in [1.807, 2.05) is 0 Å². The van der Waals surface area contributed by atoms with Gasteiger partial charge in [-0.1, -0.05) is 11.6 Å². The largest absolute Gasteiger partial charge is 0.351 e. The van der Waals surface area contributed by atoms with Crippen LogP contribution in [0.5, 0.6) is 0 Å². The third-order valence-electron chi connectivity index (χ3n) is 4.13. The Balaban J connectivity index is 1.70. The summed E-state index contributed by atoms with van der Waals surface area (Å²) in [5.41, 5.74) is -0.0748. The first-order chi connectivity index (χ1) is 13.3. The van der Waals surface area contributed by atoms with Crippen LogP contribution in [0.1, 0.15) is 11.4 Å². The van der Waals surface area contributed by atoms with Crippen molar-refractivity contribution in [3.05, 3.63) is 64.6 Å². The average molecular weight is 406 g/mol. The van der Waals surface area contributed by atoms with E-state index in [-0.39, 0.29) is 23.0 Å². The van der Waals surface area contributed by atoms with E-state index in [9.17, 15) is 13.2 Å². The topological polar surface area (TPSA) is 60.6 Å². The fraction of sp³-hybridized carbons (Fsp3) is 0.167. The molecule has 143 valence electrons. The molecule has 0 aliphatic rings. The van der Waals surface area contributed by atoms with Gasteiger partial charge in [-0.25, -0.2) is 18.2 Å². The number of fused-ring (bicyclic) bond motifs is 1. The van der Waals surface area contributed by atoms with Crippen molar-refractivity contribution in [1.82, 2.24) is 24.5 Å². The monoisotopic (exact) mass is 405 g/mol. The van der Waals surface area contributed by atoms with Crippen molar-refractivity contribution in [2.24, 2.45) is 14.1 Å². The Morgan fingerprint density at radius 3 is 2.61 bits per heavy atom. The smallest absolute Gasteiger partial charge is 0.183 e. The van der Waals surface area contributed by atoms with Gasteiger partial charge in [0.1, 0.15) is 12.1 Å². The van der Waals surface area contributed by atoms with Crippen LogP contribution in [0.2, 0.25) is 5.02 Å². The summed E-state index contributed by atoms with van der Waals surface area (Å²) in [6, 6.07) is 5.39. The van der Waals surface area contributed by atoms with Gasteiger partial charge in [0.2, 0.25) is 0 Å². The SMILES string of the molecule is Cn1cnc(Cc2c(F)[c]c(Nc3cc4cn(C)nc4cc3Cl)c(F)c2F)n1. The number of hydrogen-bond donors (Lipinski definition) is 1. The summed E-state index contributed by atoms with van der Waals surface area (Å²) in [5, 5.41) is 11.7. The molecule has 4 aromatic rings. The Kier molecular flexibility index (Phi) is 4.46. The van der Waals surface area contributed by atoms with Crippen LogP contribution >= 0.6 is 11.6 Å². The number of aryl methyl sites for hydroxylation is 2. The van der Waals surface area contributed by atoms with Gasteiger partial charge in [-0.3, -0.25) is 9.36 Å². The molecule has 0 saturated carbocycles. The maximum atomic E-state index is 14.5. The Morgan fingerprint density at radius 1 is 1.11 bits per heavy atom. The molecule has 0 aliphatic carbocycles. The van der Waals surface area contributed by atoms with Crippen LogP contribution in [0.25, 0.3) is 10.9 Å². The second-order valence-electron chi connectivity index (χ2n) is 6.25. The molecule has 2 aromatic heterocycles. The van der Waals surface area contributed by atoms with Crippen molar-refractivity contribution >= 4 is 33.9 Å². The summed E-state index contributed by atoms with van der Waals surface area (Å²) in [4.78, 5) is 3.90. The molecule has 0 bridgehead atoms. The lowest BCUT2D eigenvalue weighted by Gasteiger charge is -2.12. The Hall–Kier alpha value is -3.07. The van der Waals surface area contributed by atoms with E-state index in [4.69, 9.17) is 11.6 Å². The van der Waals surface area contributed by atoms with Gasteiger partial charge < -0.3 is 5.32 Å². The third-order valence-corrected chi connectivity index (χ3v) is 4.44. The van der Waals surface area contributed by atoms with Gasteiger partial charge in [0.05, 0.1) is 21.9 Å². The molecule has 28 heavy (non-hydrogen) atoms. The highest BCUT2D eigenvalue weighted by Crippen LogP contribution is 2.32. The van der Waals surface area contributed by atoms with E-state index in [0.717, 1.165) is 5.39 Å². The number of nitrogens with zero attached hydrogens (tertiary/aromatic N) is 5. The number of nitrogens with one attached hydrogen (secondary N) is 1. The number of anilines is 2. The molecule has 0 saturated heterocycles. The van der Waals surface area contributed by atoms with Crippen molar-refractivity contribution in [3.63, 3.8) is 0 Å². The fourth-order valence-electron chi connectivity index (χ4n) is 2.84. The quantitative estimate of drug-likeness (QED) is 0.523. The highest BCUT2D eigenvalue weighted by atomic mass is 35.5. The van der Waals surface area contributed by atoms with Gasteiger partial charge in [-0.05, 0) is 12.1 Å². The predicted molar refractivity (Wildman–Crippen MR) is 98.0 cm³/mol. The molecule has 1 N–H and O–H groups in total. The second kappa shape index (κ2) is 6.83. The first-order valence-corrected chi connectivity index (χ1v) is 8.52. The van der Waals surface area contributed by atoms with Crippen LogP contribution in [0.4, 0.5) is 24.5 Å². The summed E-state index contributed by atoms with van der Waals surface area (Å²) in [6.07, 6.45) is 2.83. The van der Waals surface area contributed by atoms with Gasteiger partial charge in [0.25, 0.3) is 0 Å². The van der Waals surface area contributed by atoms with Crippen molar-refractivity contribution in [3.8, 4) is 0 Å². The molecule has 2 heterocycles. The second-order valence-corrected chi connectivity index (χ2v) is 6.66. The van der Waals surface area contributed by atoms with Crippen LogP contribution in [-0.4, -0.2) is 24.5 Å². The normalized spacial score (nSPS) is 11.4. The molecule has 2 aromatic carbocycles. The molecule has 0 unspecified atom stereocenters. The molecule has 0 aliphatic heterocycles. The number of halogens is 4. The minimum absolute atomic E-state index is 0.166. The van der Waals surface area contributed by atoms with E-state index in [1.54, 1.807) is 37.1 Å². The number of aromatic nitrogens is 5. The lowest BCUT2D eigenvalue weighted by atomic mass is 10.1. The Bertz CT molecular complexity index is 1200. The van der Waals surface area contributed by atoms with E-state index in [2.05, 4.69) is 26.6 Å². The number of rotatable bonds is 4. The maximum absolute atomic E-state index is 14.5. The highest BCUT2D eigenvalue weighted by Gasteiger charge is 2.21. The van der Waals surface area contributed by atoms with Crippen LogP contribution in [-0.2, 0) is 20.5 Å². The van der Waals surface area contributed by atoms with Gasteiger partial charge in [-0.15, -0.1) is 0 Å². The summed E-state index contributed by atoms with van der Waals surface area (Å²) >= 11 is 6.18. The van der Waals surface area contributed by atoms with Crippen LogP contribution in [0.3, 0.4) is 0 Å². The van der Waals surface area contributed by atoms with Crippen molar-refractivity contribution in [2.45, 2.75) is 6.42 Å². The van der Waals surface area contributed by atoms with Crippen molar-refractivity contribution < 1.29 is 13.2 Å². The fourth-order valence-corrected chi connectivity index (χ4v) is 3.05. The van der Waals surface area contributed by atoms with Gasteiger partial charge >= 0.3 is 0 Å². The van der Waals surface area contributed by atoms with E-state index in [0.29, 0.717) is 5.52 Å². The Morgan fingerprint density at radius 2 is 1.89 bits per heavy atom. The first kappa shape index (κ1) is 18.3. The molecular formula is C18H13ClF3N6. The minimum atomic E-state index is -1.33. The summed E-state index contributed by atoms with van der Waals surface area (Å²) < 4.78 is 46.4. The van der Waals surface area contributed by atoms with Gasteiger partial charge in [-0.2, -0.15) is 10.2 Å². The van der Waals surface area contributed by atoms with E-state index >= 15 is 0 Å². The zero-order valence-electron chi connectivity index (χ0n) is 14.8. The minimum Gasteiger partial charge on any atom is -0.351 e. The summed E-state index contributed by atoms with van der Waals surface area (Å²) in [6.45, 7) is 0. The van der Waals surface area contributed by atoms with Crippen LogP contribution < -0.4 is 5.32 Å². The zero-order chi connectivity index (χ0) is 20.0. The van der Waals surface area contributed by atoms with Crippen molar-refractivity contribution in [1.29, 1.82) is 0 Å². The standard InChI is InChI=1S/C18H13ClF3N6/c1-27-7-9-3-14(11(19)5-13(9)25-27)24-15-6-12(20)10(17(21)18(15)22)4-16-23-8-28(2)26-16/h3,5,7-8,24H,4H2,1-2H3. The molecule has 0 atom stereocenters. The van der Waals surface area contributed by atoms with Gasteiger partial charge in [0, 0.05) is 43.7 Å². The molecule has 4 rings (SSSR count). The Labute approximate surface area is 162 Å². The molecule has 0 spiro atoms. The maximum Gasteiger partial charge on any atom is 0.183 e. The molecule has 0 fully saturated rings. The summed E-state index contributed by atoms with van der Waals surface area (Å²) in [5.74, 6) is -3.47. The highest BCUT2D eigenvalue weighted by molar-refractivity contribution is 6.34. The van der Waals surface area contributed by atoms with Crippen LogP contribution in [0.15, 0.2) is 24.7 Å². The first-order valence-electron chi connectivity index (χ1n) is 8.15. The average Bonchev–Trinajstić information content (AvgIpc) is 3.20. The summed E-state index contributed by atoms with van der Waals surface area (Å²) in [7, 11) is 3.36. The zero-order valence-corrected chi connectivity index (χ0v) is 15.5. The number of benzene rings is 2. The van der Waals surface area contributed by atoms with E-state index in [1.165, 1.54) is 11.0 Å². The van der Waals surface area contributed by atoms with Gasteiger partial charge in [0.15, 0.2) is 17.5 Å². The third kappa shape index (κ3) is 3.29. The lowest BCUT2D eigenvalue weighted by Crippen LogP contribution is -2.06. The van der Waals surface area contributed by atoms with E-state index < -0.39 is 28.7 Å².